The summed E-state index contributed by atoms with van der Waals surface area (Å²) in [6.07, 6.45) is 3.84. The number of hydrogen-bond donors (Lipinski definition) is 0. The van der Waals surface area contributed by atoms with Gasteiger partial charge in [-0.15, -0.1) is 0 Å². The van der Waals surface area contributed by atoms with E-state index in [1.165, 1.54) is 5.56 Å². The molecular formula is C13H17N3OS. The number of nitrogens with zero attached hydrogens (tertiary/aromatic N) is 3. The van der Waals surface area contributed by atoms with Crippen molar-refractivity contribution in [3.05, 3.63) is 22.4 Å². The quantitative estimate of drug-likeness (QED) is 0.820. The molecule has 18 heavy (non-hydrogen) atoms. The summed E-state index contributed by atoms with van der Waals surface area (Å²) in [7, 11) is 1.86. The molecular weight excluding hydrogens is 246 g/mol. The highest BCUT2D eigenvalue weighted by Crippen LogP contribution is 2.30. The molecule has 2 aliphatic heterocycles. The lowest BCUT2D eigenvalue weighted by atomic mass is 9.88. The van der Waals surface area contributed by atoms with E-state index in [2.05, 4.69) is 26.7 Å². The molecule has 96 valence electrons. The van der Waals surface area contributed by atoms with E-state index in [4.69, 9.17) is 0 Å². The molecule has 0 unspecified atom stereocenters. The van der Waals surface area contributed by atoms with E-state index in [1.54, 1.807) is 16.2 Å². The van der Waals surface area contributed by atoms with Crippen molar-refractivity contribution in [1.29, 1.82) is 0 Å². The Labute approximate surface area is 111 Å². The minimum atomic E-state index is -0.109. The standard InChI is InChI=1S/C13H17N3OS/c1-15-12(17)14-10-13(15)3-5-16(6-4-13)8-11-2-7-18-9-11/h2,7,9-10H,3-6,8H2,1H3. The molecule has 2 amide bonds. The number of thiophene rings is 1. The molecule has 0 N–H and O–H groups in total. The summed E-state index contributed by atoms with van der Waals surface area (Å²) in [5.74, 6) is 0. The van der Waals surface area contributed by atoms with E-state index < -0.39 is 0 Å². The first-order chi connectivity index (χ1) is 8.70. The SMILES string of the molecule is CN1C(=O)N=CC12CCN(Cc1ccsc1)CC2. The first-order valence-corrected chi connectivity index (χ1v) is 7.20. The van der Waals surface area contributed by atoms with Crippen LogP contribution < -0.4 is 0 Å². The molecule has 3 heterocycles. The zero-order valence-electron chi connectivity index (χ0n) is 10.5. The monoisotopic (exact) mass is 263 g/mol. The average Bonchev–Trinajstić information content (AvgIpc) is 2.98. The van der Waals surface area contributed by atoms with Crippen LogP contribution in [0, 0.1) is 0 Å². The molecule has 0 aromatic carbocycles. The highest BCUT2D eigenvalue weighted by molar-refractivity contribution is 7.07. The number of aliphatic imine (C=N–C) groups is 1. The van der Waals surface area contributed by atoms with E-state index in [1.807, 2.05) is 13.3 Å². The van der Waals surface area contributed by atoms with Crippen LogP contribution >= 0.6 is 11.3 Å². The maximum absolute atomic E-state index is 11.5. The predicted molar refractivity (Wildman–Crippen MR) is 73.2 cm³/mol. The van der Waals surface area contributed by atoms with E-state index in [-0.39, 0.29) is 11.6 Å². The van der Waals surface area contributed by atoms with Crippen LogP contribution in [0.2, 0.25) is 0 Å². The fourth-order valence-corrected chi connectivity index (χ4v) is 3.40. The van der Waals surface area contributed by atoms with Gasteiger partial charge in [0.15, 0.2) is 0 Å². The molecule has 1 aromatic heterocycles. The minimum Gasteiger partial charge on any atom is -0.315 e. The topological polar surface area (TPSA) is 35.9 Å². The number of rotatable bonds is 2. The summed E-state index contributed by atoms with van der Waals surface area (Å²) in [6, 6.07) is 2.09. The van der Waals surface area contributed by atoms with Crippen LogP contribution in [0.15, 0.2) is 21.8 Å². The predicted octanol–water partition coefficient (Wildman–Crippen LogP) is 2.22. The van der Waals surface area contributed by atoms with Gasteiger partial charge in [0.2, 0.25) is 0 Å². The van der Waals surface area contributed by atoms with Gasteiger partial charge in [0.05, 0.1) is 5.54 Å². The third-order valence-electron chi connectivity index (χ3n) is 4.08. The van der Waals surface area contributed by atoms with E-state index >= 15 is 0 Å². The van der Waals surface area contributed by atoms with Crippen molar-refractivity contribution in [2.24, 2.45) is 4.99 Å². The third-order valence-corrected chi connectivity index (χ3v) is 4.81. The molecule has 3 rings (SSSR count). The van der Waals surface area contributed by atoms with Crippen LogP contribution in [0.5, 0.6) is 0 Å². The van der Waals surface area contributed by atoms with Crippen LogP contribution in [0.1, 0.15) is 18.4 Å². The molecule has 1 spiro atoms. The molecule has 0 bridgehead atoms. The minimum absolute atomic E-state index is 0.0960. The summed E-state index contributed by atoms with van der Waals surface area (Å²) in [5.41, 5.74) is 1.28. The van der Waals surface area contributed by atoms with Crippen molar-refractivity contribution in [1.82, 2.24) is 9.80 Å². The summed E-state index contributed by atoms with van der Waals surface area (Å²) < 4.78 is 0. The van der Waals surface area contributed by atoms with Crippen LogP contribution in [-0.2, 0) is 6.54 Å². The Kier molecular flexibility index (Phi) is 2.95. The number of hydrogen-bond acceptors (Lipinski definition) is 3. The zero-order valence-corrected chi connectivity index (χ0v) is 11.3. The Balaban J connectivity index is 1.62. The Bertz CT molecular complexity index is 461. The Hall–Kier alpha value is -1.20. The van der Waals surface area contributed by atoms with Gasteiger partial charge in [-0.3, -0.25) is 4.90 Å². The molecule has 0 aliphatic carbocycles. The van der Waals surface area contributed by atoms with E-state index in [9.17, 15) is 4.79 Å². The maximum Gasteiger partial charge on any atom is 0.343 e. The number of carbonyl (C=O) groups is 1. The van der Waals surface area contributed by atoms with Crippen LogP contribution in [-0.4, -0.2) is 47.7 Å². The van der Waals surface area contributed by atoms with Crippen molar-refractivity contribution >= 4 is 23.6 Å². The molecule has 1 fully saturated rings. The van der Waals surface area contributed by atoms with Crippen molar-refractivity contribution < 1.29 is 4.79 Å². The first kappa shape index (κ1) is 11.9. The average molecular weight is 263 g/mol. The lowest BCUT2D eigenvalue weighted by Gasteiger charge is -2.41. The van der Waals surface area contributed by atoms with Gasteiger partial charge in [-0.1, -0.05) is 0 Å². The highest BCUT2D eigenvalue weighted by Gasteiger charge is 2.42. The Morgan fingerprint density at radius 3 is 2.78 bits per heavy atom. The molecule has 0 radical (unpaired) electrons. The van der Waals surface area contributed by atoms with E-state index in [0.717, 1.165) is 32.5 Å². The van der Waals surface area contributed by atoms with Crippen LogP contribution in [0.25, 0.3) is 0 Å². The van der Waals surface area contributed by atoms with Gasteiger partial charge in [0.25, 0.3) is 0 Å². The fraction of sp³-hybridized carbons (Fsp3) is 0.538. The van der Waals surface area contributed by atoms with Crippen molar-refractivity contribution in [2.75, 3.05) is 20.1 Å². The van der Waals surface area contributed by atoms with Crippen molar-refractivity contribution in [3.63, 3.8) is 0 Å². The van der Waals surface area contributed by atoms with Gasteiger partial charge in [-0.2, -0.15) is 11.3 Å². The zero-order chi connectivity index (χ0) is 12.6. The van der Waals surface area contributed by atoms with Crippen LogP contribution in [0.4, 0.5) is 4.79 Å². The normalized spacial score (nSPS) is 23.2. The van der Waals surface area contributed by atoms with Gasteiger partial charge >= 0.3 is 6.03 Å². The lowest BCUT2D eigenvalue weighted by Crippen LogP contribution is -2.53. The van der Waals surface area contributed by atoms with Gasteiger partial charge in [0.1, 0.15) is 0 Å². The number of carbonyl (C=O) groups excluding carboxylic acids is 1. The number of urea groups is 1. The van der Waals surface area contributed by atoms with Gasteiger partial charge in [-0.05, 0) is 35.2 Å². The summed E-state index contributed by atoms with van der Waals surface area (Å²) in [5, 5.41) is 4.33. The second-order valence-corrected chi connectivity index (χ2v) is 5.89. The second-order valence-electron chi connectivity index (χ2n) is 5.11. The lowest BCUT2D eigenvalue weighted by molar-refractivity contribution is 0.114. The number of amides is 2. The summed E-state index contributed by atoms with van der Waals surface area (Å²) in [6.45, 7) is 3.08. The summed E-state index contributed by atoms with van der Waals surface area (Å²) >= 11 is 1.75. The van der Waals surface area contributed by atoms with Crippen molar-refractivity contribution in [2.45, 2.75) is 24.9 Å². The summed E-state index contributed by atoms with van der Waals surface area (Å²) in [4.78, 5) is 19.7. The molecule has 1 saturated heterocycles. The van der Waals surface area contributed by atoms with Gasteiger partial charge in [0, 0.05) is 32.9 Å². The van der Waals surface area contributed by atoms with Gasteiger partial charge in [-0.25, -0.2) is 9.79 Å². The second kappa shape index (κ2) is 4.48. The number of likely N-dealkylation sites (tertiary alicyclic amines) is 1. The van der Waals surface area contributed by atoms with Crippen LogP contribution in [0.3, 0.4) is 0 Å². The number of piperidine rings is 1. The van der Waals surface area contributed by atoms with E-state index in [0.29, 0.717) is 0 Å². The first-order valence-electron chi connectivity index (χ1n) is 6.26. The molecule has 1 aromatic rings. The third kappa shape index (κ3) is 1.97. The molecule has 4 nitrogen and oxygen atoms in total. The Morgan fingerprint density at radius 1 is 1.44 bits per heavy atom. The smallest absolute Gasteiger partial charge is 0.315 e. The molecule has 5 heteroatoms. The molecule has 0 saturated carbocycles. The molecule has 2 aliphatic rings. The maximum atomic E-state index is 11.5. The Morgan fingerprint density at radius 2 is 2.22 bits per heavy atom. The largest absolute Gasteiger partial charge is 0.343 e. The van der Waals surface area contributed by atoms with Gasteiger partial charge < -0.3 is 4.90 Å². The van der Waals surface area contributed by atoms with Crippen molar-refractivity contribution in [3.8, 4) is 0 Å². The highest BCUT2D eigenvalue weighted by atomic mass is 32.1. The fourth-order valence-electron chi connectivity index (χ4n) is 2.74. The molecule has 0 atom stereocenters.